The summed E-state index contributed by atoms with van der Waals surface area (Å²) >= 11 is 0. The van der Waals surface area contributed by atoms with Crippen LogP contribution in [0.15, 0.2) is 4.79 Å². The van der Waals surface area contributed by atoms with E-state index in [9.17, 15) is 9.59 Å². The number of nitrogens with zero attached hydrogens (tertiary/aromatic N) is 4. The van der Waals surface area contributed by atoms with Gasteiger partial charge >= 0.3 is 5.69 Å². The maximum Gasteiger partial charge on any atom is 0.346 e. The van der Waals surface area contributed by atoms with Gasteiger partial charge in [0.05, 0.1) is 13.2 Å². The van der Waals surface area contributed by atoms with Crippen molar-refractivity contribution in [1.29, 1.82) is 0 Å². The van der Waals surface area contributed by atoms with Gasteiger partial charge in [-0.05, 0) is 6.42 Å². The van der Waals surface area contributed by atoms with Crippen LogP contribution in [0.2, 0.25) is 0 Å². The molecule has 1 aliphatic heterocycles. The highest BCUT2D eigenvalue weighted by Gasteiger charge is 2.21. The van der Waals surface area contributed by atoms with Gasteiger partial charge in [-0.2, -0.15) is 5.10 Å². The molecule has 1 aromatic rings. The fourth-order valence-electron chi connectivity index (χ4n) is 2.54. The van der Waals surface area contributed by atoms with Crippen LogP contribution in [0.5, 0.6) is 0 Å². The van der Waals surface area contributed by atoms with Gasteiger partial charge in [0, 0.05) is 46.0 Å². The summed E-state index contributed by atoms with van der Waals surface area (Å²) in [5.74, 6) is 3.37. The summed E-state index contributed by atoms with van der Waals surface area (Å²) in [4.78, 5) is 26.2. The van der Waals surface area contributed by atoms with Crippen LogP contribution in [0, 0.1) is 12.3 Å². The monoisotopic (exact) mass is 306 g/mol. The largest absolute Gasteiger partial charge is 0.383 e. The first kappa shape index (κ1) is 16.3. The Morgan fingerprint density at radius 2 is 2.23 bits per heavy atom. The highest BCUT2D eigenvalue weighted by Crippen LogP contribution is 2.08. The molecule has 22 heavy (non-hydrogen) atoms. The van der Waals surface area contributed by atoms with E-state index in [0.29, 0.717) is 58.5 Å². The lowest BCUT2D eigenvalue weighted by atomic mass is 10.2. The van der Waals surface area contributed by atoms with Crippen LogP contribution in [-0.4, -0.2) is 52.0 Å². The summed E-state index contributed by atoms with van der Waals surface area (Å²) in [5.41, 5.74) is -0.131. The molecule has 0 bridgehead atoms. The number of carbonyl (C=O) groups is 1. The van der Waals surface area contributed by atoms with E-state index in [4.69, 9.17) is 11.2 Å². The quantitative estimate of drug-likeness (QED) is 0.543. The summed E-state index contributed by atoms with van der Waals surface area (Å²) in [6.45, 7) is 2.52. The molecule has 0 aliphatic carbocycles. The first-order valence-electron chi connectivity index (χ1n) is 7.54. The highest BCUT2D eigenvalue weighted by molar-refractivity contribution is 5.76. The number of methoxy groups -OCH3 is 1. The minimum atomic E-state index is -0.131. The molecule has 0 saturated carbocycles. The molecule has 0 radical (unpaired) electrons. The molecule has 1 amide bonds. The van der Waals surface area contributed by atoms with Gasteiger partial charge in [-0.1, -0.05) is 0 Å². The summed E-state index contributed by atoms with van der Waals surface area (Å²) in [7, 11) is 1.59. The number of unbranched alkanes of at least 4 members (excludes halogenated alkanes) is 1. The minimum absolute atomic E-state index is 0.0979. The molecular formula is C15H22N4O3. The lowest BCUT2D eigenvalue weighted by Gasteiger charge is -2.19. The van der Waals surface area contributed by atoms with Crippen LogP contribution in [-0.2, 0) is 29.0 Å². The van der Waals surface area contributed by atoms with Crippen molar-refractivity contribution in [3.05, 3.63) is 16.3 Å². The fraction of sp³-hybridized carbons (Fsp3) is 0.667. The average Bonchev–Trinajstić information content (AvgIpc) is 2.69. The van der Waals surface area contributed by atoms with Gasteiger partial charge in [0.1, 0.15) is 5.82 Å². The zero-order valence-corrected chi connectivity index (χ0v) is 13.0. The molecule has 0 unspecified atom stereocenters. The fourth-order valence-corrected chi connectivity index (χ4v) is 2.54. The molecule has 7 heteroatoms. The number of rotatable bonds is 6. The predicted octanol–water partition coefficient (Wildman–Crippen LogP) is -0.121. The Morgan fingerprint density at radius 3 is 2.95 bits per heavy atom. The lowest BCUT2D eigenvalue weighted by Crippen LogP contribution is -2.35. The normalized spacial score (nSPS) is 14.3. The smallest absolute Gasteiger partial charge is 0.346 e. The third kappa shape index (κ3) is 3.77. The second kappa shape index (κ2) is 7.80. The Hall–Kier alpha value is -2.07. The third-order valence-corrected chi connectivity index (χ3v) is 3.77. The molecule has 0 spiro atoms. The van der Waals surface area contributed by atoms with E-state index in [1.807, 2.05) is 0 Å². The Bertz CT molecular complexity index is 611. The number of aromatic nitrogens is 3. The Morgan fingerprint density at radius 1 is 1.41 bits per heavy atom. The Balaban J connectivity index is 1.98. The van der Waals surface area contributed by atoms with Gasteiger partial charge in [-0.15, -0.1) is 12.3 Å². The Labute approximate surface area is 129 Å². The Kier molecular flexibility index (Phi) is 5.78. The van der Waals surface area contributed by atoms with Crippen molar-refractivity contribution in [3.63, 3.8) is 0 Å². The molecule has 0 saturated heterocycles. The van der Waals surface area contributed by atoms with E-state index >= 15 is 0 Å². The highest BCUT2D eigenvalue weighted by atomic mass is 16.5. The van der Waals surface area contributed by atoms with Gasteiger partial charge < -0.3 is 9.64 Å². The van der Waals surface area contributed by atoms with E-state index in [1.165, 1.54) is 4.68 Å². The van der Waals surface area contributed by atoms with Crippen LogP contribution in [0.1, 0.15) is 25.1 Å². The van der Waals surface area contributed by atoms with Crippen molar-refractivity contribution in [2.24, 2.45) is 0 Å². The number of fused-ring (bicyclic) bond motifs is 1. The van der Waals surface area contributed by atoms with Crippen molar-refractivity contribution >= 4 is 5.91 Å². The molecule has 0 N–H and O–H groups in total. The molecule has 120 valence electrons. The first-order chi connectivity index (χ1) is 10.7. The van der Waals surface area contributed by atoms with Gasteiger partial charge in [-0.3, -0.25) is 9.36 Å². The van der Waals surface area contributed by atoms with Gasteiger partial charge in [0.25, 0.3) is 0 Å². The van der Waals surface area contributed by atoms with Crippen LogP contribution in [0.3, 0.4) is 0 Å². The molecule has 2 heterocycles. The zero-order valence-electron chi connectivity index (χ0n) is 13.0. The summed E-state index contributed by atoms with van der Waals surface area (Å²) < 4.78 is 8.07. The first-order valence-corrected chi connectivity index (χ1v) is 7.54. The van der Waals surface area contributed by atoms with Gasteiger partial charge in [0.15, 0.2) is 0 Å². The predicted molar refractivity (Wildman–Crippen MR) is 81.3 cm³/mol. The van der Waals surface area contributed by atoms with E-state index < -0.39 is 0 Å². The van der Waals surface area contributed by atoms with Crippen molar-refractivity contribution in [2.75, 3.05) is 26.8 Å². The number of hydrogen-bond acceptors (Lipinski definition) is 4. The third-order valence-electron chi connectivity index (χ3n) is 3.77. The SMILES string of the molecule is C#CCCCC(=O)N1CCc2nn(CCOC)c(=O)n2CC1. The number of ether oxygens (including phenoxy) is 1. The van der Waals surface area contributed by atoms with Crippen molar-refractivity contribution in [2.45, 2.75) is 38.8 Å². The molecule has 1 aliphatic rings. The molecule has 0 fully saturated rings. The second-order valence-electron chi connectivity index (χ2n) is 5.25. The number of amides is 1. The standard InChI is InChI=1S/C15H22N4O3/c1-3-4-5-6-14(20)17-8-7-13-16-19(11-12-22-2)15(21)18(13)10-9-17/h1H,4-12H2,2H3. The van der Waals surface area contributed by atoms with Crippen molar-refractivity contribution < 1.29 is 9.53 Å². The summed E-state index contributed by atoms with van der Waals surface area (Å²) in [5, 5.41) is 4.34. The van der Waals surface area contributed by atoms with Crippen LogP contribution >= 0.6 is 0 Å². The zero-order chi connectivity index (χ0) is 15.9. The topological polar surface area (TPSA) is 69.4 Å². The molecule has 7 nitrogen and oxygen atoms in total. The molecular weight excluding hydrogens is 284 g/mol. The van der Waals surface area contributed by atoms with Gasteiger partial charge in [0.2, 0.25) is 5.91 Å². The van der Waals surface area contributed by atoms with E-state index in [0.717, 1.165) is 5.82 Å². The molecule has 1 aromatic heterocycles. The van der Waals surface area contributed by atoms with E-state index in [2.05, 4.69) is 11.0 Å². The van der Waals surface area contributed by atoms with E-state index in [1.54, 1.807) is 16.6 Å². The second-order valence-corrected chi connectivity index (χ2v) is 5.25. The number of carbonyl (C=O) groups excluding carboxylic acids is 1. The maximum absolute atomic E-state index is 12.2. The lowest BCUT2D eigenvalue weighted by molar-refractivity contribution is -0.131. The number of hydrogen-bond donors (Lipinski definition) is 0. The molecule has 2 rings (SSSR count). The summed E-state index contributed by atoms with van der Waals surface area (Å²) in [6, 6.07) is 0. The molecule has 0 atom stereocenters. The van der Waals surface area contributed by atoms with Gasteiger partial charge in [-0.25, -0.2) is 9.48 Å². The van der Waals surface area contributed by atoms with E-state index in [-0.39, 0.29) is 11.6 Å². The van der Waals surface area contributed by atoms with Crippen LogP contribution in [0.25, 0.3) is 0 Å². The molecule has 0 aromatic carbocycles. The maximum atomic E-state index is 12.2. The number of terminal acetylenes is 1. The summed E-state index contributed by atoms with van der Waals surface area (Å²) in [6.07, 6.45) is 7.58. The minimum Gasteiger partial charge on any atom is -0.383 e. The van der Waals surface area contributed by atoms with Crippen molar-refractivity contribution in [1.82, 2.24) is 19.2 Å². The van der Waals surface area contributed by atoms with Crippen LogP contribution < -0.4 is 5.69 Å². The van der Waals surface area contributed by atoms with Crippen LogP contribution in [0.4, 0.5) is 0 Å². The average molecular weight is 306 g/mol. The van der Waals surface area contributed by atoms with Crippen molar-refractivity contribution in [3.8, 4) is 12.3 Å².